The van der Waals surface area contributed by atoms with E-state index in [4.69, 9.17) is 39.5 Å². The van der Waals surface area contributed by atoms with Crippen molar-refractivity contribution in [2.24, 2.45) is 0 Å². The monoisotopic (exact) mass is 437 g/mol. The fraction of sp³-hybridized carbons (Fsp3) is 0.182. The predicted molar refractivity (Wildman–Crippen MR) is 114 cm³/mol. The molecule has 3 aromatic rings. The first kappa shape index (κ1) is 20.9. The first-order valence-electron chi connectivity index (χ1n) is 8.81. The van der Waals surface area contributed by atoms with Crippen LogP contribution in [0, 0.1) is 5.82 Å². The largest absolute Gasteiger partial charge is 0.489 e. The molecule has 0 amide bonds. The molecule has 0 spiro atoms. The summed E-state index contributed by atoms with van der Waals surface area (Å²) in [5.41, 5.74) is 2.96. The Morgan fingerprint density at radius 2 is 1.54 bits per heavy atom. The van der Waals surface area contributed by atoms with Gasteiger partial charge in [-0.2, -0.15) is 0 Å². The van der Waals surface area contributed by atoms with E-state index in [1.54, 1.807) is 12.1 Å². The van der Waals surface area contributed by atoms with E-state index in [2.05, 4.69) is 5.32 Å². The Morgan fingerprint density at radius 1 is 0.821 bits per heavy atom. The maximum Gasteiger partial charge on any atom is 0.124 e. The lowest BCUT2D eigenvalue weighted by Crippen LogP contribution is -2.16. The third kappa shape index (κ3) is 6.11. The normalized spacial score (nSPS) is 10.9. The summed E-state index contributed by atoms with van der Waals surface area (Å²) in [4.78, 5) is 0. The van der Waals surface area contributed by atoms with Crippen LogP contribution in [-0.2, 0) is 19.6 Å². The van der Waals surface area contributed by atoms with Crippen LogP contribution in [0.15, 0.2) is 60.7 Å². The highest BCUT2D eigenvalue weighted by Gasteiger charge is 2.04. The fourth-order valence-corrected chi connectivity index (χ4v) is 3.41. The third-order valence-corrected chi connectivity index (χ3v) is 5.19. The first-order valence-corrected chi connectivity index (χ1v) is 9.95. The van der Waals surface area contributed by atoms with Gasteiger partial charge in [-0.1, -0.05) is 59.1 Å². The molecule has 0 fully saturated rings. The molecule has 3 aromatic carbocycles. The molecule has 2 nitrogen and oxygen atoms in total. The molecule has 0 radical (unpaired) electrons. The van der Waals surface area contributed by atoms with Gasteiger partial charge in [0.1, 0.15) is 18.2 Å². The van der Waals surface area contributed by atoms with Gasteiger partial charge in [0.05, 0.1) is 5.02 Å². The standard InChI is InChI=1S/C22H19Cl3FNO/c23-18-5-3-16(21(24)11-18)9-10-27-13-15-1-7-20(8-2-15)28-14-17-4-6-19(26)12-22(17)25/h1-8,11-12,27H,9-10,13-14H2. The van der Waals surface area contributed by atoms with Gasteiger partial charge >= 0.3 is 0 Å². The molecule has 146 valence electrons. The SMILES string of the molecule is Fc1ccc(COc2ccc(CNCCc3ccc(Cl)cc3Cl)cc2)c(Cl)c1. The predicted octanol–water partition coefficient (Wildman–Crippen LogP) is 6.70. The van der Waals surface area contributed by atoms with E-state index >= 15 is 0 Å². The van der Waals surface area contributed by atoms with Crippen molar-refractivity contribution in [3.05, 3.63) is 98.2 Å². The molecule has 0 aliphatic carbocycles. The molecular weight excluding hydrogens is 420 g/mol. The second-order valence-electron chi connectivity index (χ2n) is 6.33. The van der Waals surface area contributed by atoms with Crippen LogP contribution in [-0.4, -0.2) is 6.54 Å². The molecule has 0 unspecified atom stereocenters. The van der Waals surface area contributed by atoms with Crippen molar-refractivity contribution >= 4 is 34.8 Å². The number of benzene rings is 3. The van der Waals surface area contributed by atoms with Gasteiger partial charge in [-0.25, -0.2) is 4.39 Å². The van der Waals surface area contributed by atoms with Crippen LogP contribution in [0.2, 0.25) is 15.1 Å². The third-order valence-electron chi connectivity index (χ3n) is 4.25. The van der Waals surface area contributed by atoms with Gasteiger partial charge in [-0.3, -0.25) is 0 Å². The molecule has 0 atom stereocenters. The number of ether oxygens (including phenoxy) is 1. The molecule has 0 saturated heterocycles. The Balaban J connectivity index is 1.44. The number of nitrogens with one attached hydrogen (secondary N) is 1. The maximum atomic E-state index is 13.1. The average molecular weight is 439 g/mol. The molecule has 0 heterocycles. The molecular formula is C22H19Cl3FNO. The summed E-state index contributed by atoms with van der Waals surface area (Å²) in [6.07, 6.45) is 0.829. The van der Waals surface area contributed by atoms with E-state index in [0.717, 1.165) is 42.0 Å². The Hall–Kier alpha value is -1.78. The van der Waals surface area contributed by atoms with Gasteiger partial charge in [0, 0.05) is 22.2 Å². The minimum Gasteiger partial charge on any atom is -0.489 e. The van der Waals surface area contributed by atoms with E-state index in [1.165, 1.54) is 12.1 Å². The minimum absolute atomic E-state index is 0.290. The highest BCUT2D eigenvalue weighted by atomic mass is 35.5. The first-order chi connectivity index (χ1) is 13.5. The Labute approximate surface area is 179 Å². The number of rotatable bonds is 8. The van der Waals surface area contributed by atoms with Crippen molar-refractivity contribution < 1.29 is 9.13 Å². The van der Waals surface area contributed by atoms with Gasteiger partial charge < -0.3 is 10.1 Å². The lowest BCUT2D eigenvalue weighted by molar-refractivity contribution is 0.306. The molecule has 0 bridgehead atoms. The quantitative estimate of drug-likeness (QED) is 0.395. The van der Waals surface area contributed by atoms with E-state index in [0.29, 0.717) is 21.7 Å². The molecule has 28 heavy (non-hydrogen) atoms. The molecule has 0 aromatic heterocycles. The summed E-state index contributed by atoms with van der Waals surface area (Å²) in [7, 11) is 0. The fourth-order valence-electron chi connectivity index (χ4n) is 2.68. The van der Waals surface area contributed by atoms with Crippen LogP contribution < -0.4 is 10.1 Å². The Kier molecular flexibility index (Phi) is 7.57. The Morgan fingerprint density at radius 3 is 2.25 bits per heavy atom. The highest BCUT2D eigenvalue weighted by molar-refractivity contribution is 6.35. The van der Waals surface area contributed by atoms with Crippen LogP contribution in [0.5, 0.6) is 5.75 Å². The molecule has 0 aliphatic rings. The summed E-state index contributed by atoms with van der Waals surface area (Å²) in [5, 5.41) is 5.10. The van der Waals surface area contributed by atoms with Crippen molar-refractivity contribution in [2.45, 2.75) is 19.6 Å². The molecule has 0 saturated carbocycles. The maximum absolute atomic E-state index is 13.1. The lowest BCUT2D eigenvalue weighted by Gasteiger charge is -2.10. The van der Waals surface area contributed by atoms with Crippen LogP contribution in [0.25, 0.3) is 0 Å². The Bertz CT molecular complexity index is 932. The molecule has 3 rings (SSSR count). The van der Waals surface area contributed by atoms with Crippen LogP contribution in [0.3, 0.4) is 0 Å². The van der Waals surface area contributed by atoms with Gasteiger partial charge in [0.2, 0.25) is 0 Å². The summed E-state index contributed by atoms with van der Waals surface area (Å²) >= 11 is 18.1. The smallest absolute Gasteiger partial charge is 0.124 e. The van der Waals surface area contributed by atoms with Crippen molar-refractivity contribution in [1.82, 2.24) is 5.32 Å². The van der Waals surface area contributed by atoms with Crippen LogP contribution >= 0.6 is 34.8 Å². The van der Waals surface area contributed by atoms with Crippen molar-refractivity contribution in [1.29, 1.82) is 0 Å². The highest BCUT2D eigenvalue weighted by Crippen LogP contribution is 2.22. The second kappa shape index (κ2) is 10.1. The van der Waals surface area contributed by atoms with Crippen molar-refractivity contribution in [3.63, 3.8) is 0 Å². The topological polar surface area (TPSA) is 21.3 Å². The van der Waals surface area contributed by atoms with E-state index in [9.17, 15) is 4.39 Å². The molecule has 0 aliphatic heterocycles. The van der Waals surface area contributed by atoms with Crippen molar-refractivity contribution in [2.75, 3.05) is 6.54 Å². The van der Waals surface area contributed by atoms with Crippen molar-refractivity contribution in [3.8, 4) is 5.75 Å². The zero-order chi connectivity index (χ0) is 19.9. The second-order valence-corrected chi connectivity index (χ2v) is 7.58. The summed E-state index contributed by atoms with van der Waals surface area (Å²) < 4.78 is 18.8. The average Bonchev–Trinajstić information content (AvgIpc) is 2.67. The van der Waals surface area contributed by atoms with Crippen LogP contribution in [0.4, 0.5) is 4.39 Å². The number of hydrogen-bond acceptors (Lipinski definition) is 2. The summed E-state index contributed by atoms with van der Waals surface area (Å²) in [5.74, 6) is 0.376. The zero-order valence-corrected chi connectivity index (χ0v) is 17.3. The zero-order valence-electron chi connectivity index (χ0n) is 15.0. The summed E-state index contributed by atoms with van der Waals surface area (Å²) in [6.45, 7) is 1.84. The van der Waals surface area contributed by atoms with Crippen LogP contribution in [0.1, 0.15) is 16.7 Å². The van der Waals surface area contributed by atoms with E-state index in [-0.39, 0.29) is 5.82 Å². The molecule has 6 heteroatoms. The van der Waals surface area contributed by atoms with E-state index < -0.39 is 0 Å². The number of hydrogen-bond donors (Lipinski definition) is 1. The lowest BCUT2D eigenvalue weighted by atomic mass is 10.1. The van der Waals surface area contributed by atoms with Gasteiger partial charge in [0.15, 0.2) is 0 Å². The van der Waals surface area contributed by atoms with Gasteiger partial charge in [-0.15, -0.1) is 0 Å². The summed E-state index contributed by atoms with van der Waals surface area (Å²) in [6, 6.07) is 17.7. The number of halogens is 4. The minimum atomic E-state index is -0.357. The van der Waals surface area contributed by atoms with Gasteiger partial charge in [0.25, 0.3) is 0 Å². The molecule has 1 N–H and O–H groups in total. The van der Waals surface area contributed by atoms with Gasteiger partial charge in [-0.05, 0) is 60.5 Å². The van der Waals surface area contributed by atoms with E-state index in [1.807, 2.05) is 36.4 Å².